The van der Waals surface area contributed by atoms with Crippen LogP contribution in [-0.4, -0.2) is 57.3 Å². The van der Waals surface area contributed by atoms with Gasteiger partial charge in [0.25, 0.3) is 0 Å². The first-order valence-corrected chi connectivity index (χ1v) is 12.3. The lowest BCUT2D eigenvalue weighted by Gasteiger charge is -2.24. The molecule has 11 heteroatoms. The number of amides is 2. The lowest BCUT2D eigenvalue weighted by Crippen LogP contribution is -2.47. The highest BCUT2D eigenvalue weighted by atomic mass is 32.2. The molecule has 1 atom stereocenters. The molecule has 2 heterocycles. The molecule has 1 saturated heterocycles. The van der Waals surface area contributed by atoms with Crippen LogP contribution in [0.2, 0.25) is 0 Å². The number of fused-ring (bicyclic) bond motifs is 1. The second-order valence-corrected chi connectivity index (χ2v) is 10.1. The Morgan fingerprint density at radius 1 is 1.00 bits per heavy atom. The molecular weight excluding hydrogens is 462 g/mol. The standard InChI is InChI=1S/C23H27N3O7S/c1-14-8-15(2)21(16(3)9-14)34(29,30)26-6-7-31-20(26)12-25-23(28)22(27)24-11-17-4-5-18-19(10-17)33-13-32-18/h4-5,8-10,20H,6-7,11-13H2,1-3H3,(H,24,27)(H,25,28)/t20-/m1/s1. The number of carbonyl (C=O) groups excluding carboxylic acids is 2. The van der Waals surface area contributed by atoms with E-state index in [1.807, 2.05) is 19.1 Å². The minimum Gasteiger partial charge on any atom is -0.454 e. The molecule has 0 bridgehead atoms. The molecule has 1 fully saturated rings. The van der Waals surface area contributed by atoms with Crippen LogP contribution in [0.4, 0.5) is 0 Å². The lowest BCUT2D eigenvalue weighted by atomic mass is 10.1. The normalized spacial score (nSPS) is 17.6. The third-order valence-electron chi connectivity index (χ3n) is 5.65. The molecule has 0 spiro atoms. The Balaban J connectivity index is 1.35. The molecule has 2 aliphatic rings. The fourth-order valence-corrected chi connectivity index (χ4v) is 6.13. The van der Waals surface area contributed by atoms with Gasteiger partial charge in [0.05, 0.1) is 18.0 Å². The van der Waals surface area contributed by atoms with Crippen LogP contribution in [0.5, 0.6) is 11.5 Å². The molecule has 2 N–H and O–H groups in total. The fourth-order valence-electron chi connectivity index (χ4n) is 4.21. The number of nitrogens with zero attached hydrogens (tertiary/aromatic N) is 1. The number of hydrogen-bond donors (Lipinski definition) is 2. The van der Waals surface area contributed by atoms with Crippen molar-refractivity contribution in [3.05, 3.63) is 52.6 Å². The van der Waals surface area contributed by atoms with Crippen molar-refractivity contribution in [1.29, 1.82) is 0 Å². The molecule has 2 amide bonds. The molecule has 2 aromatic rings. The van der Waals surface area contributed by atoms with Crippen LogP contribution in [0, 0.1) is 20.8 Å². The molecule has 0 aromatic heterocycles. The number of ether oxygens (including phenoxy) is 3. The average molecular weight is 490 g/mol. The predicted molar refractivity (Wildman–Crippen MR) is 122 cm³/mol. The Hall–Kier alpha value is -3.15. The zero-order valence-electron chi connectivity index (χ0n) is 19.2. The van der Waals surface area contributed by atoms with Gasteiger partial charge in [0.15, 0.2) is 11.5 Å². The summed E-state index contributed by atoms with van der Waals surface area (Å²) in [6.45, 7) is 5.88. The maximum Gasteiger partial charge on any atom is 0.309 e. The maximum absolute atomic E-state index is 13.4. The minimum absolute atomic E-state index is 0.120. The predicted octanol–water partition coefficient (Wildman–Crippen LogP) is 1.12. The zero-order valence-corrected chi connectivity index (χ0v) is 20.0. The topological polar surface area (TPSA) is 123 Å². The summed E-state index contributed by atoms with van der Waals surface area (Å²) in [5.74, 6) is -0.513. The highest BCUT2D eigenvalue weighted by Gasteiger charge is 2.38. The van der Waals surface area contributed by atoms with Crippen LogP contribution in [0.15, 0.2) is 35.2 Å². The molecule has 34 heavy (non-hydrogen) atoms. The van der Waals surface area contributed by atoms with E-state index in [0.29, 0.717) is 22.6 Å². The van der Waals surface area contributed by atoms with E-state index in [1.165, 1.54) is 4.31 Å². The van der Waals surface area contributed by atoms with E-state index < -0.39 is 28.1 Å². The second kappa shape index (κ2) is 9.61. The summed E-state index contributed by atoms with van der Waals surface area (Å²) in [7, 11) is -3.85. The van der Waals surface area contributed by atoms with Gasteiger partial charge in [0, 0.05) is 13.1 Å². The van der Waals surface area contributed by atoms with Crippen molar-refractivity contribution < 1.29 is 32.2 Å². The molecule has 0 unspecified atom stereocenters. The first-order valence-electron chi connectivity index (χ1n) is 10.8. The highest BCUT2D eigenvalue weighted by Crippen LogP contribution is 2.32. The average Bonchev–Trinajstić information content (AvgIpc) is 3.44. The SMILES string of the molecule is Cc1cc(C)c(S(=O)(=O)N2CCO[C@@H]2CNC(=O)C(=O)NCc2ccc3c(c2)OCO3)c(C)c1. The van der Waals surface area contributed by atoms with Gasteiger partial charge in [-0.3, -0.25) is 9.59 Å². The van der Waals surface area contributed by atoms with Gasteiger partial charge in [-0.05, 0) is 49.6 Å². The van der Waals surface area contributed by atoms with Crippen molar-refractivity contribution in [1.82, 2.24) is 14.9 Å². The number of rotatable bonds is 6. The summed E-state index contributed by atoms with van der Waals surface area (Å²) in [4.78, 5) is 24.8. The Morgan fingerprint density at radius 3 is 2.41 bits per heavy atom. The summed E-state index contributed by atoms with van der Waals surface area (Å²) in [5.41, 5.74) is 3.01. The van der Waals surface area contributed by atoms with Gasteiger partial charge in [-0.25, -0.2) is 8.42 Å². The fraction of sp³-hybridized carbons (Fsp3) is 0.391. The van der Waals surface area contributed by atoms with Gasteiger partial charge in [-0.15, -0.1) is 0 Å². The van der Waals surface area contributed by atoms with Gasteiger partial charge < -0.3 is 24.8 Å². The molecule has 4 rings (SSSR count). The third kappa shape index (κ3) is 4.86. The molecule has 0 saturated carbocycles. The number of benzene rings is 2. The molecule has 2 aliphatic heterocycles. The molecular formula is C23H27N3O7S. The van der Waals surface area contributed by atoms with Gasteiger partial charge in [-0.1, -0.05) is 23.8 Å². The monoisotopic (exact) mass is 489 g/mol. The van der Waals surface area contributed by atoms with Gasteiger partial charge in [0.2, 0.25) is 16.8 Å². The number of nitrogens with one attached hydrogen (secondary N) is 2. The maximum atomic E-state index is 13.4. The summed E-state index contributed by atoms with van der Waals surface area (Å²) in [6.07, 6.45) is -0.907. The molecule has 2 aromatic carbocycles. The number of carbonyl (C=O) groups is 2. The van der Waals surface area contributed by atoms with E-state index in [9.17, 15) is 18.0 Å². The van der Waals surface area contributed by atoms with Crippen LogP contribution < -0.4 is 20.1 Å². The van der Waals surface area contributed by atoms with Crippen LogP contribution >= 0.6 is 0 Å². The molecule has 0 aliphatic carbocycles. The largest absolute Gasteiger partial charge is 0.454 e. The smallest absolute Gasteiger partial charge is 0.309 e. The molecule has 0 radical (unpaired) electrons. The summed E-state index contributed by atoms with van der Waals surface area (Å²) < 4.78 is 44.0. The van der Waals surface area contributed by atoms with Crippen molar-refractivity contribution in [2.75, 3.05) is 26.5 Å². The van der Waals surface area contributed by atoms with Gasteiger partial charge >= 0.3 is 11.8 Å². The zero-order chi connectivity index (χ0) is 24.5. The minimum atomic E-state index is -3.85. The Labute approximate surface area is 198 Å². The lowest BCUT2D eigenvalue weighted by molar-refractivity contribution is -0.139. The quantitative estimate of drug-likeness (QED) is 0.583. The Bertz CT molecular complexity index is 1210. The van der Waals surface area contributed by atoms with Crippen LogP contribution in [0.25, 0.3) is 0 Å². The first kappa shape index (κ1) is 24.0. The summed E-state index contributed by atoms with van der Waals surface area (Å²) in [5, 5.41) is 5.00. The van der Waals surface area contributed by atoms with Crippen molar-refractivity contribution >= 4 is 21.8 Å². The number of sulfonamides is 1. The van der Waals surface area contributed by atoms with E-state index >= 15 is 0 Å². The molecule has 10 nitrogen and oxygen atoms in total. The van der Waals surface area contributed by atoms with Crippen molar-refractivity contribution in [2.45, 2.75) is 38.4 Å². The first-order chi connectivity index (χ1) is 16.2. The number of hydrogen-bond acceptors (Lipinski definition) is 7. The third-order valence-corrected chi connectivity index (χ3v) is 7.84. The van der Waals surface area contributed by atoms with E-state index in [1.54, 1.807) is 32.0 Å². The summed E-state index contributed by atoms with van der Waals surface area (Å²) in [6, 6.07) is 8.85. The Morgan fingerprint density at radius 2 is 1.68 bits per heavy atom. The molecule has 182 valence electrons. The highest BCUT2D eigenvalue weighted by molar-refractivity contribution is 7.89. The van der Waals surface area contributed by atoms with E-state index in [4.69, 9.17) is 14.2 Å². The summed E-state index contributed by atoms with van der Waals surface area (Å²) >= 11 is 0. The van der Waals surface area contributed by atoms with Crippen molar-refractivity contribution in [3.63, 3.8) is 0 Å². The van der Waals surface area contributed by atoms with E-state index in [0.717, 1.165) is 11.1 Å². The van der Waals surface area contributed by atoms with Crippen LogP contribution in [0.1, 0.15) is 22.3 Å². The van der Waals surface area contributed by atoms with E-state index in [2.05, 4.69) is 10.6 Å². The Kier molecular flexibility index (Phi) is 6.78. The van der Waals surface area contributed by atoms with Crippen LogP contribution in [0.3, 0.4) is 0 Å². The number of aryl methyl sites for hydroxylation is 3. The van der Waals surface area contributed by atoms with Crippen molar-refractivity contribution in [3.8, 4) is 11.5 Å². The van der Waals surface area contributed by atoms with Gasteiger partial charge in [0.1, 0.15) is 6.23 Å². The van der Waals surface area contributed by atoms with Crippen LogP contribution in [-0.2, 0) is 30.9 Å². The second-order valence-electron chi connectivity index (χ2n) is 8.25. The van der Waals surface area contributed by atoms with Gasteiger partial charge in [-0.2, -0.15) is 4.31 Å². The van der Waals surface area contributed by atoms with Crippen molar-refractivity contribution in [2.24, 2.45) is 0 Å². The van der Waals surface area contributed by atoms with E-state index in [-0.39, 0.29) is 37.9 Å².